The zero-order valence-electron chi connectivity index (χ0n) is 9.75. The van der Waals surface area contributed by atoms with Crippen molar-refractivity contribution in [2.45, 2.75) is 6.92 Å². The second kappa shape index (κ2) is 5.86. The Labute approximate surface area is 128 Å². The van der Waals surface area contributed by atoms with Gasteiger partial charge < -0.3 is 5.32 Å². The van der Waals surface area contributed by atoms with Gasteiger partial charge in [-0.1, -0.05) is 23.2 Å². The first kappa shape index (κ1) is 14.2. The van der Waals surface area contributed by atoms with Crippen LogP contribution in [0.5, 0.6) is 0 Å². The summed E-state index contributed by atoms with van der Waals surface area (Å²) in [6.07, 6.45) is 1.55. The number of rotatable bonds is 2. The van der Waals surface area contributed by atoms with Crippen LogP contribution in [0.4, 0.5) is 5.69 Å². The number of carbonyl (C=O) groups is 1. The van der Waals surface area contributed by atoms with Crippen molar-refractivity contribution in [2.75, 3.05) is 5.32 Å². The molecule has 98 valence electrons. The smallest absolute Gasteiger partial charge is 0.274 e. The van der Waals surface area contributed by atoms with Gasteiger partial charge in [0, 0.05) is 10.7 Å². The zero-order chi connectivity index (χ0) is 14.0. The second-order valence-corrected chi connectivity index (χ2v) is 5.40. The van der Waals surface area contributed by atoms with E-state index in [1.807, 2.05) is 0 Å². The third-order valence-corrected chi connectivity index (χ3v) is 3.28. The van der Waals surface area contributed by atoms with Crippen LogP contribution in [-0.4, -0.2) is 15.9 Å². The van der Waals surface area contributed by atoms with E-state index in [1.54, 1.807) is 31.3 Å². The number of hydrogen-bond donors (Lipinski definition) is 1. The standard InChI is InChI=1S/C12H8BrCl2N3O/c1-6-4-9(14)17-11(15)10(6)18-12(19)8-3-2-7(13)5-16-8/h2-5H,1H3,(H,18,19). The van der Waals surface area contributed by atoms with Gasteiger partial charge in [-0.05, 0) is 46.6 Å². The maximum absolute atomic E-state index is 12.0. The second-order valence-electron chi connectivity index (χ2n) is 3.74. The molecule has 4 nitrogen and oxygen atoms in total. The quantitative estimate of drug-likeness (QED) is 0.820. The minimum absolute atomic E-state index is 0.149. The summed E-state index contributed by atoms with van der Waals surface area (Å²) in [5.41, 5.74) is 1.45. The van der Waals surface area contributed by atoms with Crippen molar-refractivity contribution >= 4 is 50.7 Å². The minimum Gasteiger partial charge on any atom is -0.318 e. The molecule has 0 fully saturated rings. The highest BCUT2D eigenvalue weighted by molar-refractivity contribution is 9.10. The Kier molecular flexibility index (Phi) is 4.39. The largest absolute Gasteiger partial charge is 0.318 e. The molecule has 0 aliphatic carbocycles. The normalized spacial score (nSPS) is 10.3. The average Bonchev–Trinajstić information content (AvgIpc) is 2.34. The number of aromatic nitrogens is 2. The number of nitrogens with one attached hydrogen (secondary N) is 1. The lowest BCUT2D eigenvalue weighted by Crippen LogP contribution is -2.15. The van der Waals surface area contributed by atoms with E-state index in [4.69, 9.17) is 23.2 Å². The third-order valence-electron chi connectivity index (χ3n) is 2.34. The molecule has 2 rings (SSSR count). The van der Waals surface area contributed by atoms with Gasteiger partial charge in [0.1, 0.15) is 10.8 Å². The van der Waals surface area contributed by atoms with Gasteiger partial charge in [0.25, 0.3) is 5.91 Å². The Morgan fingerprint density at radius 1 is 1.37 bits per heavy atom. The Morgan fingerprint density at radius 3 is 2.68 bits per heavy atom. The van der Waals surface area contributed by atoms with E-state index < -0.39 is 0 Å². The molecule has 0 bridgehead atoms. The van der Waals surface area contributed by atoms with Gasteiger partial charge >= 0.3 is 0 Å². The summed E-state index contributed by atoms with van der Waals surface area (Å²) in [7, 11) is 0. The Balaban J connectivity index is 2.26. The Morgan fingerprint density at radius 2 is 2.11 bits per heavy atom. The molecule has 0 spiro atoms. The van der Waals surface area contributed by atoms with E-state index in [2.05, 4.69) is 31.2 Å². The molecule has 1 N–H and O–H groups in total. The number of hydrogen-bond acceptors (Lipinski definition) is 3. The molecule has 0 radical (unpaired) electrons. The average molecular weight is 361 g/mol. The van der Waals surface area contributed by atoms with Gasteiger partial charge in [0.15, 0.2) is 5.15 Å². The first-order valence-electron chi connectivity index (χ1n) is 5.23. The molecule has 2 heterocycles. The van der Waals surface area contributed by atoms with Crippen LogP contribution in [0.25, 0.3) is 0 Å². The fraction of sp³-hybridized carbons (Fsp3) is 0.0833. The van der Waals surface area contributed by atoms with E-state index in [9.17, 15) is 4.79 Å². The maximum atomic E-state index is 12.0. The van der Waals surface area contributed by atoms with Crippen LogP contribution in [0.3, 0.4) is 0 Å². The fourth-order valence-electron chi connectivity index (χ4n) is 1.43. The van der Waals surface area contributed by atoms with Crippen molar-refractivity contribution in [3.8, 4) is 0 Å². The van der Waals surface area contributed by atoms with Crippen molar-refractivity contribution in [2.24, 2.45) is 0 Å². The molecule has 0 aliphatic rings. The Bertz CT molecular complexity index is 608. The van der Waals surface area contributed by atoms with E-state index in [0.717, 1.165) is 10.0 Å². The molecule has 0 aromatic carbocycles. The molecule has 2 aromatic rings. The lowest BCUT2D eigenvalue weighted by Gasteiger charge is -2.09. The summed E-state index contributed by atoms with van der Waals surface area (Å²) < 4.78 is 0.798. The number of anilines is 1. The molecular weight excluding hydrogens is 353 g/mol. The van der Waals surface area contributed by atoms with Crippen LogP contribution in [0.1, 0.15) is 16.1 Å². The lowest BCUT2D eigenvalue weighted by atomic mass is 10.2. The molecule has 0 unspecified atom stereocenters. The summed E-state index contributed by atoms with van der Waals surface area (Å²) in [6, 6.07) is 4.96. The van der Waals surface area contributed by atoms with Crippen LogP contribution in [0, 0.1) is 6.92 Å². The van der Waals surface area contributed by atoms with Crippen molar-refractivity contribution in [3.63, 3.8) is 0 Å². The van der Waals surface area contributed by atoms with Gasteiger partial charge in [0.05, 0.1) is 5.69 Å². The number of amides is 1. The maximum Gasteiger partial charge on any atom is 0.274 e. The zero-order valence-corrected chi connectivity index (χ0v) is 12.8. The van der Waals surface area contributed by atoms with Crippen LogP contribution < -0.4 is 5.32 Å². The van der Waals surface area contributed by atoms with Crippen LogP contribution in [-0.2, 0) is 0 Å². The monoisotopic (exact) mass is 359 g/mol. The SMILES string of the molecule is Cc1cc(Cl)nc(Cl)c1NC(=O)c1ccc(Br)cn1. The van der Waals surface area contributed by atoms with Crippen molar-refractivity contribution in [1.82, 2.24) is 9.97 Å². The third kappa shape index (κ3) is 3.43. The topological polar surface area (TPSA) is 54.9 Å². The number of halogens is 3. The van der Waals surface area contributed by atoms with E-state index >= 15 is 0 Å². The predicted octanol–water partition coefficient (Wildman–Crippen LogP) is 4.11. The van der Waals surface area contributed by atoms with Crippen LogP contribution >= 0.6 is 39.1 Å². The van der Waals surface area contributed by atoms with Gasteiger partial charge in [0.2, 0.25) is 0 Å². The molecule has 2 aromatic heterocycles. The number of nitrogens with zero attached hydrogens (tertiary/aromatic N) is 2. The molecular formula is C12H8BrCl2N3O. The van der Waals surface area contributed by atoms with Gasteiger partial charge in [-0.25, -0.2) is 9.97 Å². The Hall–Kier alpha value is -1.17. The molecule has 19 heavy (non-hydrogen) atoms. The molecule has 1 amide bonds. The van der Waals surface area contributed by atoms with E-state index in [-0.39, 0.29) is 21.9 Å². The van der Waals surface area contributed by atoms with E-state index in [1.165, 1.54) is 0 Å². The van der Waals surface area contributed by atoms with Crippen LogP contribution in [0.2, 0.25) is 10.3 Å². The van der Waals surface area contributed by atoms with Crippen LogP contribution in [0.15, 0.2) is 28.9 Å². The highest BCUT2D eigenvalue weighted by atomic mass is 79.9. The lowest BCUT2D eigenvalue weighted by molar-refractivity contribution is 0.102. The molecule has 0 saturated carbocycles. The molecule has 0 aliphatic heterocycles. The number of carbonyl (C=O) groups excluding carboxylic acids is 1. The summed E-state index contributed by atoms with van der Waals surface area (Å²) in [6.45, 7) is 1.78. The highest BCUT2D eigenvalue weighted by Crippen LogP contribution is 2.26. The van der Waals surface area contributed by atoms with E-state index in [0.29, 0.717) is 5.69 Å². The van der Waals surface area contributed by atoms with Gasteiger partial charge in [-0.2, -0.15) is 0 Å². The summed E-state index contributed by atoms with van der Waals surface area (Å²) >= 11 is 15.0. The van der Waals surface area contributed by atoms with Gasteiger partial charge in [-0.15, -0.1) is 0 Å². The first-order chi connectivity index (χ1) is 8.97. The molecule has 7 heteroatoms. The number of aryl methyl sites for hydroxylation is 1. The summed E-state index contributed by atoms with van der Waals surface area (Å²) in [5.74, 6) is -0.360. The first-order valence-corrected chi connectivity index (χ1v) is 6.78. The summed E-state index contributed by atoms with van der Waals surface area (Å²) in [5, 5.41) is 3.10. The minimum atomic E-state index is -0.360. The highest BCUT2D eigenvalue weighted by Gasteiger charge is 2.13. The van der Waals surface area contributed by atoms with Crippen molar-refractivity contribution < 1.29 is 4.79 Å². The fourth-order valence-corrected chi connectivity index (χ4v) is 2.25. The van der Waals surface area contributed by atoms with Crippen molar-refractivity contribution in [1.29, 1.82) is 0 Å². The van der Waals surface area contributed by atoms with Gasteiger partial charge in [-0.3, -0.25) is 4.79 Å². The predicted molar refractivity (Wildman–Crippen MR) is 78.9 cm³/mol. The molecule has 0 atom stereocenters. The summed E-state index contributed by atoms with van der Waals surface area (Å²) in [4.78, 5) is 19.9. The van der Waals surface area contributed by atoms with Crippen molar-refractivity contribution in [3.05, 3.63) is 50.4 Å². The number of pyridine rings is 2. The molecule has 0 saturated heterocycles.